The van der Waals surface area contributed by atoms with Gasteiger partial charge in [0.15, 0.2) is 0 Å². The zero-order valence-corrected chi connectivity index (χ0v) is 12.6. The fourth-order valence-electron chi connectivity index (χ4n) is 2.93. The summed E-state index contributed by atoms with van der Waals surface area (Å²) in [4.78, 5) is 5.04. The van der Waals surface area contributed by atoms with E-state index in [0.717, 1.165) is 17.9 Å². The van der Waals surface area contributed by atoms with Crippen LogP contribution in [0.2, 0.25) is 0 Å². The van der Waals surface area contributed by atoms with E-state index in [0.29, 0.717) is 0 Å². The van der Waals surface area contributed by atoms with E-state index < -0.39 is 0 Å². The highest BCUT2D eigenvalue weighted by Gasteiger charge is 2.26. The second kappa shape index (κ2) is 7.38. The Morgan fingerprint density at radius 1 is 1.24 bits per heavy atom. The Bertz CT molecular complexity index is 201. The Labute approximate surface area is 108 Å². The van der Waals surface area contributed by atoms with Crippen molar-refractivity contribution in [2.24, 2.45) is 11.8 Å². The molecule has 0 aromatic heterocycles. The van der Waals surface area contributed by atoms with Crippen molar-refractivity contribution in [2.75, 3.05) is 33.7 Å². The number of hydrogen-bond donors (Lipinski definition) is 0. The molecule has 2 atom stereocenters. The third kappa shape index (κ3) is 5.87. The average molecular weight is 240 g/mol. The predicted octanol–water partition coefficient (Wildman–Crippen LogP) is 3.08. The molecule has 1 rings (SSSR count). The van der Waals surface area contributed by atoms with E-state index in [9.17, 15) is 0 Å². The van der Waals surface area contributed by atoms with Gasteiger partial charge in [-0.2, -0.15) is 0 Å². The Morgan fingerprint density at radius 2 is 1.94 bits per heavy atom. The quantitative estimate of drug-likeness (QED) is 0.675. The monoisotopic (exact) mass is 240 g/mol. The lowest BCUT2D eigenvalue weighted by Gasteiger charge is -2.28. The second-order valence-corrected chi connectivity index (χ2v) is 6.62. The zero-order chi connectivity index (χ0) is 12.8. The Kier molecular flexibility index (Phi) is 6.50. The van der Waals surface area contributed by atoms with E-state index in [1.54, 1.807) is 0 Å². The van der Waals surface area contributed by atoms with Gasteiger partial charge >= 0.3 is 0 Å². The highest BCUT2D eigenvalue weighted by molar-refractivity contribution is 4.81. The fourth-order valence-corrected chi connectivity index (χ4v) is 2.93. The zero-order valence-electron chi connectivity index (χ0n) is 12.6. The van der Waals surface area contributed by atoms with Gasteiger partial charge in [-0.05, 0) is 64.7 Å². The van der Waals surface area contributed by atoms with E-state index in [-0.39, 0.29) is 0 Å². The summed E-state index contributed by atoms with van der Waals surface area (Å²) in [5.74, 6) is 1.68. The summed E-state index contributed by atoms with van der Waals surface area (Å²) in [6.45, 7) is 11.0. The van der Waals surface area contributed by atoms with Gasteiger partial charge in [0.1, 0.15) is 0 Å². The van der Waals surface area contributed by atoms with Crippen LogP contribution in [0.15, 0.2) is 0 Å². The molecular formula is C15H32N2. The molecule has 102 valence electrons. The molecule has 0 spiro atoms. The van der Waals surface area contributed by atoms with Crippen LogP contribution in [0.1, 0.15) is 46.5 Å². The molecule has 1 heterocycles. The van der Waals surface area contributed by atoms with Crippen molar-refractivity contribution in [1.82, 2.24) is 9.80 Å². The van der Waals surface area contributed by atoms with Crippen molar-refractivity contribution in [3.63, 3.8) is 0 Å². The first-order valence-corrected chi connectivity index (χ1v) is 7.37. The molecule has 2 unspecified atom stereocenters. The van der Waals surface area contributed by atoms with Gasteiger partial charge in [0.05, 0.1) is 0 Å². The first-order chi connectivity index (χ1) is 7.99. The summed E-state index contributed by atoms with van der Waals surface area (Å²) < 4.78 is 0. The normalized spacial score (nSPS) is 23.8. The van der Waals surface area contributed by atoms with Crippen LogP contribution in [0.5, 0.6) is 0 Å². The van der Waals surface area contributed by atoms with E-state index in [1.807, 2.05) is 0 Å². The molecule has 0 aliphatic carbocycles. The second-order valence-electron chi connectivity index (χ2n) is 6.62. The molecule has 1 fully saturated rings. The van der Waals surface area contributed by atoms with Crippen LogP contribution in [-0.4, -0.2) is 49.6 Å². The molecule has 0 bridgehead atoms. The van der Waals surface area contributed by atoms with E-state index in [2.05, 4.69) is 44.7 Å². The topological polar surface area (TPSA) is 6.48 Å². The third-order valence-electron chi connectivity index (χ3n) is 3.84. The Morgan fingerprint density at radius 3 is 2.53 bits per heavy atom. The van der Waals surface area contributed by atoms with Gasteiger partial charge < -0.3 is 9.80 Å². The van der Waals surface area contributed by atoms with Gasteiger partial charge in [-0.15, -0.1) is 0 Å². The minimum Gasteiger partial charge on any atom is -0.309 e. The summed E-state index contributed by atoms with van der Waals surface area (Å²) in [6, 6.07) is 0.870. The van der Waals surface area contributed by atoms with Gasteiger partial charge in [-0.1, -0.05) is 20.8 Å². The van der Waals surface area contributed by atoms with Gasteiger partial charge in [-0.25, -0.2) is 0 Å². The lowest BCUT2D eigenvalue weighted by Crippen LogP contribution is -2.34. The van der Waals surface area contributed by atoms with E-state index in [4.69, 9.17) is 0 Å². The van der Waals surface area contributed by atoms with Crippen molar-refractivity contribution < 1.29 is 0 Å². The molecule has 0 saturated carbocycles. The van der Waals surface area contributed by atoms with Crippen LogP contribution < -0.4 is 0 Å². The molecule has 0 aromatic carbocycles. The molecule has 1 saturated heterocycles. The smallest absolute Gasteiger partial charge is 0.00983 e. The van der Waals surface area contributed by atoms with Crippen molar-refractivity contribution >= 4 is 0 Å². The van der Waals surface area contributed by atoms with Crippen LogP contribution in [0.4, 0.5) is 0 Å². The molecule has 0 amide bonds. The third-order valence-corrected chi connectivity index (χ3v) is 3.84. The van der Waals surface area contributed by atoms with Gasteiger partial charge in [0.25, 0.3) is 0 Å². The van der Waals surface area contributed by atoms with Crippen LogP contribution in [0.25, 0.3) is 0 Å². The van der Waals surface area contributed by atoms with Crippen molar-refractivity contribution in [2.45, 2.75) is 52.5 Å². The SMILES string of the molecule is CC(C)CN1CCCC1CC(C)CCN(C)C. The predicted molar refractivity (Wildman–Crippen MR) is 76.4 cm³/mol. The highest BCUT2D eigenvalue weighted by atomic mass is 15.2. The molecule has 0 N–H and O–H groups in total. The standard InChI is InChI=1S/C15H32N2/c1-13(2)12-17-9-6-7-15(17)11-14(3)8-10-16(4)5/h13-15H,6-12H2,1-5H3. The summed E-state index contributed by atoms with van der Waals surface area (Å²) >= 11 is 0. The maximum absolute atomic E-state index is 2.73. The summed E-state index contributed by atoms with van der Waals surface area (Å²) in [7, 11) is 4.35. The minimum absolute atomic E-state index is 0.813. The van der Waals surface area contributed by atoms with Crippen molar-refractivity contribution in [1.29, 1.82) is 0 Å². The molecule has 0 radical (unpaired) electrons. The maximum atomic E-state index is 2.73. The molecular weight excluding hydrogens is 208 g/mol. The van der Waals surface area contributed by atoms with Gasteiger partial charge in [0.2, 0.25) is 0 Å². The van der Waals surface area contributed by atoms with E-state index in [1.165, 1.54) is 45.3 Å². The van der Waals surface area contributed by atoms with E-state index >= 15 is 0 Å². The molecule has 1 aliphatic rings. The lowest BCUT2D eigenvalue weighted by atomic mass is 9.96. The molecule has 2 nitrogen and oxygen atoms in total. The molecule has 0 aromatic rings. The lowest BCUT2D eigenvalue weighted by molar-refractivity contribution is 0.194. The van der Waals surface area contributed by atoms with Crippen molar-refractivity contribution in [3.8, 4) is 0 Å². The van der Waals surface area contributed by atoms with Crippen LogP contribution in [-0.2, 0) is 0 Å². The van der Waals surface area contributed by atoms with Gasteiger partial charge in [-0.3, -0.25) is 0 Å². The Hall–Kier alpha value is -0.0800. The maximum Gasteiger partial charge on any atom is 0.00983 e. The average Bonchev–Trinajstić information content (AvgIpc) is 2.62. The summed E-state index contributed by atoms with van der Waals surface area (Å²) in [5, 5.41) is 0. The number of rotatable bonds is 7. The Balaban J connectivity index is 2.28. The number of hydrogen-bond acceptors (Lipinski definition) is 2. The van der Waals surface area contributed by atoms with Gasteiger partial charge in [0, 0.05) is 12.6 Å². The van der Waals surface area contributed by atoms with Crippen molar-refractivity contribution in [3.05, 3.63) is 0 Å². The number of likely N-dealkylation sites (tertiary alicyclic amines) is 1. The molecule has 2 heteroatoms. The van der Waals surface area contributed by atoms with Crippen LogP contribution >= 0.6 is 0 Å². The summed E-state index contributed by atoms with van der Waals surface area (Å²) in [5.41, 5.74) is 0. The summed E-state index contributed by atoms with van der Waals surface area (Å²) in [6.07, 6.45) is 5.59. The molecule has 17 heavy (non-hydrogen) atoms. The van der Waals surface area contributed by atoms with Crippen LogP contribution in [0, 0.1) is 11.8 Å². The number of nitrogens with zero attached hydrogens (tertiary/aromatic N) is 2. The first-order valence-electron chi connectivity index (χ1n) is 7.37. The largest absolute Gasteiger partial charge is 0.309 e. The molecule has 1 aliphatic heterocycles. The minimum atomic E-state index is 0.813. The fraction of sp³-hybridized carbons (Fsp3) is 1.00. The first kappa shape index (κ1) is 15.0. The highest BCUT2D eigenvalue weighted by Crippen LogP contribution is 2.25. The van der Waals surface area contributed by atoms with Crippen LogP contribution in [0.3, 0.4) is 0 Å².